The maximum Gasteiger partial charge on any atom is 0.261 e. The Balaban J connectivity index is 2.45. The molecule has 0 fully saturated rings. The molecule has 0 saturated carbocycles. The van der Waals surface area contributed by atoms with Gasteiger partial charge in [-0.05, 0) is 19.1 Å². The van der Waals surface area contributed by atoms with E-state index in [4.69, 9.17) is 23.2 Å². The molecule has 2 rings (SSSR count). The molecule has 3 nitrogen and oxygen atoms in total. The topological polar surface area (TPSA) is 33.2 Å². The molecule has 0 N–H and O–H groups in total. The Labute approximate surface area is 133 Å². The summed E-state index contributed by atoms with van der Waals surface area (Å²) in [5.41, 5.74) is 1.63. The van der Waals surface area contributed by atoms with E-state index in [-0.39, 0.29) is 16.5 Å². The van der Waals surface area contributed by atoms with Crippen molar-refractivity contribution in [2.24, 2.45) is 0 Å². The van der Waals surface area contributed by atoms with Gasteiger partial charge in [-0.1, -0.05) is 47.5 Å². The molecule has 0 atom stereocenters. The molecule has 0 unspecified atom stereocenters. The van der Waals surface area contributed by atoms with Gasteiger partial charge in [-0.25, -0.2) is 0 Å². The molecule has 0 aliphatic rings. The van der Waals surface area contributed by atoms with Crippen molar-refractivity contribution < 1.29 is 4.79 Å². The SMILES string of the molecule is C=CCN(C(=O)c1cnc(C)c(Cl)c1Cl)c1ccccc1. The third-order valence-corrected chi connectivity index (χ3v) is 3.94. The number of hydrogen-bond acceptors (Lipinski definition) is 2. The lowest BCUT2D eigenvalue weighted by Gasteiger charge is -2.22. The maximum absolute atomic E-state index is 12.7. The van der Waals surface area contributed by atoms with Crippen LogP contribution in [0, 0.1) is 6.92 Å². The van der Waals surface area contributed by atoms with Gasteiger partial charge >= 0.3 is 0 Å². The normalized spacial score (nSPS) is 10.2. The highest BCUT2D eigenvalue weighted by Gasteiger charge is 2.21. The number of rotatable bonds is 4. The van der Waals surface area contributed by atoms with Gasteiger partial charge in [0, 0.05) is 18.4 Å². The molecular weight excluding hydrogens is 307 g/mol. The molecule has 0 bridgehead atoms. The maximum atomic E-state index is 12.7. The smallest absolute Gasteiger partial charge is 0.261 e. The highest BCUT2D eigenvalue weighted by molar-refractivity contribution is 6.44. The molecule has 0 spiro atoms. The fourth-order valence-corrected chi connectivity index (χ4v) is 2.31. The van der Waals surface area contributed by atoms with E-state index in [1.807, 2.05) is 30.3 Å². The Morgan fingerprint density at radius 2 is 1.95 bits per heavy atom. The Hall–Kier alpha value is -1.84. The monoisotopic (exact) mass is 320 g/mol. The van der Waals surface area contributed by atoms with E-state index in [1.165, 1.54) is 6.20 Å². The van der Waals surface area contributed by atoms with Crippen LogP contribution in [0.15, 0.2) is 49.2 Å². The fourth-order valence-electron chi connectivity index (χ4n) is 1.89. The van der Waals surface area contributed by atoms with Gasteiger partial charge < -0.3 is 4.90 Å². The van der Waals surface area contributed by atoms with Crippen LogP contribution >= 0.6 is 23.2 Å². The second-order valence-electron chi connectivity index (χ2n) is 4.43. The molecule has 2 aromatic rings. The molecule has 1 aromatic heterocycles. The zero-order valence-electron chi connectivity index (χ0n) is 11.5. The molecule has 0 aliphatic carbocycles. The van der Waals surface area contributed by atoms with Gasteiger partial charge in [0.15, 0.2) is 0 Å². The van der Waals surface area contributed by atoms with E-state index >= 15 is 0 Å². The molecule has 21 heavy (non-hydrogen) atoms. The first-order valence-corrected chi connectivity index (χ1v) is 7.10. The van der Waals surface area contributed by atoms with E-state index in [0.717, 1.165) is 5.69 Å². The largest absolute Gasteiger partial charge is 0.304 e. The Morgan fingerprint density at radius 3 is 2.57 bits per heavy atom. The number of halogens is 2. The highest BCUT2D eigenvalue weighted by atomic mass is 35.5. The summed E-state index contributed by atoms with van der Waals surface area (Å²) in [5.74, 6) is -0.263. The fraction of sp³-hybridized carbons (Fsp3) is 0.125. The summed E-state index contributed by atoms with van der Waals surface area (Å²) in [6, 6.07) is 9.30. The average Bonchev–Trinajstić information content (AvgIpc) is 2.51. The first kappa shape index (κ1) is 15.5. The van der Waals surface area contributed by atoms with E-state index < -0.39 is 0 Å². The van der Waals surface area contributed by atoms with Gasteiger partial charge in [0.2, 0.25) is 0 Å². The van der Waals surface area contributed by atoms with Gasteiger partial charge in [0.25, 0.3) is 5.91 Å². The van der Waals surface area contributed by atoms with Crippen molar-refractivity contribution in [1.82, 2.24) is 4.98 Å². The summed E-state index contributed by atoms with van der Waals surface area (Å²) in [5, 5.41) is 0.522. The predicted molar refractivity (Wildman–Crippen MR) is 87.3 cm³/mol. The second-order valence-corrected chi connectivity index (χ2v) is 5.18. The summed E-state index contributed by atoms with van der Waals surface area (Å²) in [4.78, 5) is 18.4. The molecule has 5 heteroatoms. The number of nitrogens with zero attached hydrogens (tertiary/aromatic N) is 2. The molecule has 1 amide bonds. The Morgan fingerprint density at radius 1 is 1.29 bits per heavy atom. The summed E-state index contributed by atoms with van der Waals surface area (Å²) in [6.07, 6.45) is 3.10. The third kappa shape index (κ3) is 3.26. The quantitative estimate of drug-likeness (QED) is 0.775. The lowest BCUT2D eigenvalue weighted by atomic mass is 10.2. The summed E-state index contributed by atoms with van der Waals surface area (Å²) in [7, 11) is 0. The number of pyridine rings is 1. The van der Waals surface area contributed by atoms with Gasteiger partial charge in [-0.2, -0.15) is 0 Å². The summed E-state index contributed by atoms with van der Waals surface area (Å²) >= 11 is 12.2. The van der Waals surface area contributed by atoms with Crippen molar-refractivity contribution in [1.29, 1.82) is 0 Å². The Kier molecular flexibility index (Phi) is 4.99. The van der Waals surface area contributed by atoms with Gasteiger partial charge in [-0.15, -0.1) is 6.58 Å². The molecule has 0 aliphatic heterocycles. The molecule has 108 valence electrons. The zero-order chi connectivity index (χ0) is 15.4. The predicted octanol–water partition coefficient (Wildman–Crippen LogP) is 4.53. The van der Waals surface area contributed by atoms with Crippen LogP contribution in [-0.2, 0) is 0 Å². The third-order valence-electron chi connectivity index (χ3n) is 2.99. The molecule has 1 aromatic carbocycles. The summed E-state index contributed by atoms with van der Waals surface area (Å²) in [6.45, 7) is 5.79. The minimum atomic E-state index is -0.263. The van der Waals surface area contributed by atoms with Gasteiger partial charge in [0.1, 0.15) is 0 Å². The van der Waals surface area contributed by atoms with Crippen molar-refractivity contribution in [2.75, 3.05) is 11.4 Å². The van der Waals surface area contributed by atoms with Crippen LogP contribution in [0.1, 0.15) is 16.1 Å². The zero-order valence-corrected chi connectivity index (χ0v) is 13.0. The first-order valence-electron chi connectivity index (χ1n) is 6.34. The highest BCUT2D eigenvalue weighted by Crippen LogP contribution is 2.29. The van der Waals surface area contributed by atoms with Crippen molar-refractivity contribution in [3.8, 4) is 0 Å². The van der Waals surface area contributed by atoms with Crippen LogP contribution in [0.4, 0.5) is 5.69 Å². The average molecular weight is 321 g/mol. The van der Waals surface area contributed by atoms with E-state index in [1.54, 1.807) is 17.9 Å². The molecular formula is C16H14Cl2N2O. The van der Waals surface area contributed by atoms with Crippen LogP contribution in [-0.4, -0.2) is 17.4 Å². The number of carbonyl (C=O) groups excluding carboxylic acids is 1. The molecule has 1 heterocycles. The van der Waals surface area contributed by atoms with Crippen LogP contribution in [0.2, 0.25) is 10.0 Å². The number of amides is 1. The lowest BCUT2D eigenvalue weighted by Crippen LogP contribution is -2.31. The van der Waals surface area contributed by atoms with E-state index in [0.29, 0.717) is 17.3 Å². The standard InChI is InChI=1S/C16H14Cl2N2O/c1-3-9-20(12-7-5-4-6-8-12)16(21)13-10-19-11(2)14(17)15(13)18/h3-8,10H,1,9H2,2H3. The number of carbonyl (C=O) groups is 1. The minimum Gasteiger partial charge on any atom is -0.304 e. The number of aryl methyl sites for hydroxylation is 1. The van der Waals surface area contributed by atoms with Crippen LogP contribution in [0.5, 0.6) is 0 Å². The molecule has 0 saturated heterocycles. The van der Waals surface area contributed by atoms with Crippen molar-refractivity contribution in [2.45, 2.75) is 6.92 Å². The second kappa shape index (κ2) is 6.74. The molecule has 0 radical (unpaired) electrons. The van der Waals surface area contributed by atoms with Crippen molar-refractivity contribution >= 4 is 34.8 Å². The van der Waals surface area contributed by atoms with Crippen LogP contribution in [0.3, 0.4) is 0 Å². The van der Waals surface area contributed by atoms with E-state index in [2.05, 4.69) is 11.6 Å². The number of hydrogen-bond donors (Lipinski definition) is 0. The Bertz CT molecular complexity index is 671. The minimum absolute atomic E-state index is 0.221. The number of para-hydroxylation sites is 1. The summed E-state index contributed by atoms with van der Waals surface area (Å²) < 4.78 is 0. The van der Waals surface area contributed by atoms with E-state index in [9.17, 15) is 4.79 Å². The number of aromatic nitrogens is 1. The number of anilines is 1. The van der Waals surface area contributed by atoms with Gasteiger partial charge in [-0.3, -0.25) is 9.78 Å². The van der Waals surface area contributed by atoms with Crippen LogP contribution in [0.25, 0.3) is 0 Å². The van der Waals surface area contributed by atoms with Crippen molar-refractivity contribution in [3.05, 3.63) is 70.5 Å². The number of benzene rings is 1. The van der Waals surface area contributed by atoms with Gasteiger partial charge in [0.05, 0.1) is 21.3 Å². The van der Waals surface area contributed by atoms with Crippen molar-refractivity contribution in [3.63, 3.8) is 0 Å². The first-order chi connectivity index (χ1) is 10.1. The van der Waals surface area contributed by atoms with Crippen LogP contribution < -0.4 is 4.90 Å². The lowest BCUT2D eigenvalue weighted by molar-refractivity contribution is 0.0989.